The smallest absolute Gasteiger partial charge is 0.171 e. The first-order valence-electron chi connectivity index (χ1n) is 4.37. The first-order valence-corrected chi connectivity index (χ1v) is 4.37. The third kappa shape index (κ3) is 2.41. The van der Waals surface area contributed by atoms with Gasteiger partial charge < -0.3 is 0 Å². The Balaban J connectivity index is 3.20. The predicted molar refractivity (Wildman–Crippen MR) is 53.9 cm³/mol. The van der Waals surface area contributed by atoms with Gasteiger partial charge in [0.2, 0.25) is 0 Å². The summed E-state index contributed by atoms with van der Waals surface area (Å²) in [6.07, 6.45) is 2.06. The van der Waals surface area contributed by atoms with Gasteiger partial charge in [-0.3, -0.25) is 0 Å². The summed E-state index contributed by atoms with van der Waals surface area (Å²) in [5, 5.41) is 9.06. The molecule has 0 aliphatic carbocycles. The van der Waals surface area contributed by atoms with Gasteiger partial charge in [-0.05, 0) is 26.8 Å². The van der Waals surface area contributed by atoms with Crippen LogP contribution in [0.25, 0.3) is 6.08 Å². The van der Waals surface area contributed by atoms with E-state index in [0.29, 0.717) is 0 Å². The summed E-state index contributed by atoms with van der Waals surface area (Å²) >= 11 is 0. The first kappa shape index (κ1) is 9.96. The maximum Gasteiger partial charge on any atom is 0.171 e. The number of quaternary nitrogens is 1. The van der Waals surface area contributed by atoms with Gasteiger partial charge in [-0.1, -0.05) is 23.8 Å². The average Bonchev–Trinajstić information content (AvgIpc) is 2.03. The monoisotopic (exact) mass is 178 g/mol. The average molecular weight is 178 g/mol. The van der Waals surface area contributed by atoms with Crippen LogP contribution in [-0.4, -0.2) is 5.21 Å². The zero-order valence-corrected chi connectivity index (χ0v) is 8.33. The lowest BCUT2D eigenvalue weighted by Crippen LogP contribution is -2.74. The van der Waals surface area contributed by atoms with Crippen molar-refractivity contribution in [2.45, 2.75) is 20.8 Å². The van der Waals surface area contributed by atoms with Gasteiger partial charge in [-0.15, -0.1) is 0 Å². The van der Waals surface area contributed by atoms with Crippen LogP contribution in [0.15, 0.2) is 23.8 Å². The van der Waals surface area contributed by atoms with Gasteiger partial charge in [-0.2, -0.15) is 5.48 Å². The first-order chi connectivity index (χ1) is 6.15. The maximum absolute atomic E-state index is 9.06. The van der Waals surface area contributed by atoms with E-state index in [9.17, 15) is 0 Å². The molecule has 0 radical (unpaired) electrons. The second-order valence-corrected chi connectivity index (χ2v) is 3.43. The molecule has 0 atom stereocenters. The molecule has 1 aromatic rings. The van der Waals surface area contributed by atoms with Crippen molar-refractivity contribution in [3.63, 3.8) is 0 Å². The standard InChI is InChI=1S/C11H15NO/c1-8(2)7-10-6-4-5-9(3)11(10)12-13/h4-7,12-13H,1-3H3/p+1. The number of hydrogen-bond donors (Lipinski definition) is 2. The van der Waals surface area contributed by atoms with E-state index in [1.807, 2.05) is 39.0 Å². The second-order valence-electron chi connectivity index (χ2n) is 3.43. The van der Waals surface area contributed by atoms with Crippen LogP contribution >= 0.6 is 0 Å². The van der Waals surface area contributed by atoms with Crippen molar-refractivity contribution in [1.82, 2.24) is 0 Å². The zero-order chi connectivity index (χ0) is 9.84. The number of benzene rings is 1. The van der Waals surface area contributed by atoms with Crippen LogP contribution in [0.5, 0.6) is 0 Å². The molecule has 1 aromatic carbocycles. The van der Waals surface area contributed by atoms with Crippen molar-refractivity contribution in [3.05, 3.63) is 34.9 Å². The molecule has 0 aliphatic rings. The Kier molecular flexibility index (Phi) is 3.23. The molecule has 0 bridgehead atoms. The Morgan fingerprint density at radius 3 is 2.62 bits per heavy atom. The SMILES string of the molecule is CC(C)=Cc1cccc(C)c1[NH2+]O. The molecular formula is C11H16NO+. The van der Waals surface area contributed by atoms with Gasteiger partial charge in [0.1, 0.15) is 0 Å². The van der Waals surface area contributed by atoms with Gasteiger partial charge in [-0.25, -0.2) is 5.21 Å². The lowest BCUT2D eigenvalue weighted by atomic mass is 10.1. The molecule has 0 saturated carbocycles. The van der Waals surface area contributed by atoms with Crippen LogP contribution in [0.3, 0.4) is 0 Å². The zero-order valence-electron chi connectivity index (χ0n) is 8.33. The van der Waals surface area contributed by atoms with Gasteiger partial charge in [0.25, 0.3) is 0 Å². The van der Waals surface area contributed by atoms with E-state index >= 15 is 0 Å². The highest BCUT2D eigenvalue weighted by Crippen LogP contribution is 2.17. The topological polar surface area (TPSA) is 36.8 Å². The minimum Gasteiger partial charge on any atom is -0.215 e. The molecular weight excluding hydrogens is 162 g/mol. The third-order valence-corrected chi connectivity index (χ3v) is 1.93. The fourth-order valence-corrected chi connectivity index (χ4v) is 1.32. The normalized spacial score (nSPS) is 9.85. The van der Waals surface area contributed by atoms with Gasteiger partial charge in [0.15, 0.2) is 5.69 Å². The lowest BCUT2D eigenvalue weighted by molar-refractivity contribution is -0.826. The van der Waals surface area contributed by atoms with Crippen molar-refractivity contribution in [2.75, 3.05) is 0 Å². The van der Waals surface area contributed by atoms with Crippen LogP contribution in [0.4, 0.5) is 5.69 Å². The molecule has 13 heavy (non-hydrogen) atoms. The van der Waals surface area contributed by atoms with E-state index in [0.717, 1.165) is 16.8 Å². The van der Waals surface area contributed by atoms with Crippen LogP contribution in [0, 0.1) is 6.92 Å². The Hall–Kier alpha value is -1.12. The summed E-state index contributed by atoms with van der Waals surface area (Å²) < 4.78 is 0. The fourth-order valence-electron chi connectivity index (χ4n) is 1.32. The molecule has 0 aromatic heterocycles. The maximum atomic E-state index is 9.06. The van der Waals surface area contributed by atoms with E-state index in [1.54, 1.807) is 0 Å². The van der Waals surface area contributed by atoms with Crippen LogP contribution in [0.2, 0.25) is 0 Å². The van der Waals surface area contributed by atoms with Gasteiger partial charge in [0.05, 0.1) is 0 Å². The van der Waals surface area contributed by atoms with E-state index in [4.69, 9.17) is 5.21 Å². The minimum absolute atomic E-state index is 0.906. The Morgan fingerprint density at radius 2 is 2.08 bits per heavy atom. The van der Waals surface area contributed by atoms with Crippen molar-refractivity contribution < 1.29 is 10.7 Å². The van der Waals surface area contributed by atoms with Crippen LogP contribution in [0.1, 0.15) is 25.0 Å². The summed E-state index contributed by atoms with van der Waals surface area (Å²) in [6.45, 7) is 6.08. The molecule has 2 heteroatoms. The summed E-state index contributed by atoms with van der Waals surface area (Å²) in [5.74, 6) is 0. The van der Waals surface area contributed by atoms with Crippen molar-refractivity contribution in [3.8, 4) is 0 Å². The third-order valence-electron chi connectivity index (χ3n) is 1.93. The van der Waals surface area contributed by atoms with E-state index in [2.05, 4.69) is 6.08 Å². The molecule has 70 valence electrons. The Bertz CT molecular complexity index is 325. The molecule has 0 unspecified atom stereocenters. The number of para-hydroxylation sites is 1. The number of nitrogens with two attached hydrogens (primary N) is 1. The summed E-state index contributed by atoms with van der Waals surface area (Å²) in [6, 6.07) is 5.99. The number of allylic oxidation sites excluding steroid dienone is 1. The highest BCUT2D eigenvalue weighted by Gasteiger charge is 2.05. The molecule has 0 aliphatic heterocycles. The van der Waals surface area contributed by atoms with E-state index in [1.165, 1.54) is 11.1 Å². The molecule has 1 rings (SSSR count). The molecule has 0 amide bonds. The summed E-state index contributed by atoms with van der Waals surface area (Å²) in [7, 11) is 0. The predicted octanol–water partition coefficient (Wildman–Crippen LogP) is 2.00. The Morgan fingerprint density at radius 1 is 1.38 bits per heavy atom. The molecule has 0 spiro atoms. The van der Waals surface area contributed by atoms with Crippen LogP contribution in [-0.2, 0) is 0 Å². The van der Waals surface area contributed by atoms with Crippen molar-refractivity contribution >= 4 is 11.8 Å². The second kappa shape index (κ2) is 4.21. The van der Waals surface area contributed by atoms with Crippen LogP contribution < -0.4 is 5.48 Å². The molecule has 0 fully saturated rings. The Labute approximate surface area is 78.9 Å². The van der Waals surface area contributed by atoms with E-state index < -0.39 is 0 Å². The van der Waals surface area contributed by atoms with Crippen molar-refractivity contribution in [1.29, 1.82) is 0 Å². The summed E-state index contributed by atoms with van der Waals surface area (Å²) in [5.41, 5.74) is 5.47. The van der Waals surface area contributed by atoms with Crippen molar-refractivity contribution in [2.24, 2.45) is 0 Å². The number of hydrogen-bond acceptors (Lipinski definition) is 1. The largest absolute Gasteiger partial charge is 0.215 e. The molecule has 0 saturated heterocycles. The number of aryl methyl sites for hydroxylation is 1. The summed E-state index contributed by atoms with van der Waals surface area (Å²) in [4.78, 5) is 0. The van der Waals surface area contributed by atoms with Gasteiger partial charge in [0, 0.05) is 11.1 Å². The fraction of sp³-hybridized carbons (Fsp3) is 0.273. The molecule has 3 N–H and O–H groups in total. The minimum atomic E-state index is 0.906. The highest BCUT2D eigenvalue weighted by molar-refractivity contribution is 5.64. The number of rotatable bonds is 2. The highest BCUT2D eigenvalue weighted by atomic mass is 16.5. The van der Waals surface area contributed by atoms with E-state index in [-0.39, 0.29) is 0 Å². The quantitative estimate of drug-likeness (QED) is 0.527. The van der Waals surface area contributed by atoms with Gasteiger partial charge >= 0.3 is 0 Å². The lowest BCUT2D eigenvalue weighted by Gasteiger charge is -2.02. The molecule has 0 heterocycles. The molecule has 2 nitrogen and oxygen atoms in total.